The van der Waals surface area contributed by atoms with Crippen molar-refractivity contribution in [1.29, 1.82) is 0 Å². The average Bonchev–Trinajstić information content (AvgIpc) is 4.19. The second-order valence-electron chi connectivity index (χ2n) is 17.9. The molecule has 0 radical (unpaired) electrons. The van der Waals surface area contributed by atoms with E-state index in [1.165, 1.54) is 31.2 Å². The number of hydrogen-bond donors (Lipinski definition) is 0. The minimum atomic E-state index is 0.599. The van der Waals surface area contributed by atoms with E-state index in [0.717, 1.165) is 99.3 Å². The van der Waals surface area contributed by atoms with Gasteiger partial charge in [-0.15, -0.1) is 11.3 Å². The molecule has 0 atom stereocenters. The molecular weight excluding hydrogens is 877 g/mol. The van der Waals surface area contributed by atoms with Crippen molar-refractivity contribution >= 4 is 97.2 Å². The maximum absolute atomic E-state index is 6.59. The Bertz CT molecular complexity index is 4600. The summed E-state index contributed by atoms with van der Waals surface area (Å²) in [5.74, 6) is 1.84. The number of hydrogen-bond acceptors (Lipinski definition) is 6. The Morgan fingerprint density at radius 1 is 0.314 bits per heavy atom. The van der Waals surface area contributed by atoms with Crippen molar-refractivity contribution in [2.75, 3.05) is 0 Å². The Balaban J connectivity index is 0.815. The predicted octanol–water partition coefficient (Wildman–Crippen LogP) is 17.5. The summed E-state index contributed by atoms with van der Waals surface area (Å²) in [6, 6.07) is 76.8. The van der Waals surface area contributed by atoms with Crippen LogP contribution in [-0.4, -0.2) is 19.5 Å². The molecule has 70 heavy (non-hydrogen) atoms. The summed E-state index contributed by atoms with van der Waals surface area (Å²) >= 11 is 1.78. The summed E-state index contributed by atoms with van der Waals surface area (Å²) in [6.45, 7) is 0. The first-order valence-corrected chi connectivity index (χ1v) is 24.2. The van der Waals surface area contributed by atoms with Crippen molar-refractivity contribution in [1.82, 2.24) is 19.5 Å². The molecule has 15 aromatic rings. The molecular formula is C63H36N4O2S. The minimum Gasteiger partial charge on any atom is -0.456 e. The lowest BCUT2D eigenvalue weighted by molar-refractivity contribution is 0.668. The van der Waals surface area contributed by atoms with Crippen molar-refractivity contribution in [2.45, 2.75) is 0 Å². The lowest BCUT2D eigenvalue weighted by Crippen LogP contribution is -2.00. The Kier molecular flexibility index (Phi) is 8.43. The van der Waals surface area contributed by atoms with Gasteiger partial charge in [-0.05, 0) is 95.1 Å². The molecule has 0 aliphatic rings. The molecule has 0 amide bonds. The van der Waals surface area contributed by atoms with Gasteiger partial charge in [-0.3, -0.25) is 0 Å². The van der Waals surface area contributed by atoms with E-state index in [1.54, 1.807) is 11.3 Å². The lowest BCUT2D eigenvalue weighted by Gasteiger charge is -2.10. The first-order valence-electron chi connectivity index (χ1n) is 23.4. The van der Waals surface area contributed by atoms with E-state index in [9.17, 15) is 0 Å². The summed E-state index contributed by atoms with van der Waals surface area (Å²) in [5, 5.41) is 8.98. The van der Waals surface area contributed by atoms with Gasteiger partial charge in [0.05, 0.1) is 11.0 Å². The van der Waals surface area contributed by atoms with Crippen LogP contribution in [0.1, 0.15) is 0 Å². The highest BCUT2D eigenvalue weighted by molar-refractivity contribution is 7.26. The molecule has 15 rings (SSSR count). The summed E-state index contributed by atoms with van der Waals surface area (Å²) in [5.41, 5.74) is 14.2. The van der Waals surface area contributed by atoms with E-state index in [-0.39, 0.29) is 0 Å². The van der Waals surface area contributed by atoms with Gasteiger partial charge < -0.3 is 13.4 Å². The van der Waals surface area contributed by atoms with Crippen molar-refractivity contribution in [2.24, 2.45) is 0 Å². The Labute approximate surface area is 404 Å². The molecule has 5 heterocycles. The maximum Gasteiger partial charge on any atom is 0.164 e. The minimum absolute atomic E-state index is 0.599. The largest absolute Gasteiger partial charge is 0.456 e. The van der Waals surface area contributed by atoms with E-state index >= 15 is 0 Å². The maximum atomic E-state index is 6.59. The zero-order valence-corrected chi connectivity index (χ0v) is 38.1. The number of rotatable bonds is 6. The first kappa shape index (κ1) is 38.9. The van der Waals surface area contributed by atoms with E-state index < -0.39 is 0 Å². The third-order valence-electron chi connectivity index (χ3n) is 13.9. The topological polar surface area (TPSA) is 69.9 Å². The number of aromatic nitrogens is 4. The van der Waals surface area contributed by atoms with Crippen LogP contribution in [0.4, 0.5) is 0 Å². The standard InChI is InChI=1S/C63H36N4O2S/c1-3-13-37(14-4-1)61-64-62(48-19-11-23-55-59(48)46-18-8-10-22-53(46)68-55)66-63(65-61)49-20-12-24-57-60(49)47-31-27-41(36-58(47)70-57)40-26-30-45-50-33-38(28-32-54(50)69-56(45)35-40)39-25-29-44-43-17-7-9-21-51(43)67(52(44)34-39)42-15-5-2-6-16-42/h1-36H. The van der Waals surface area contributed by atoms with Crippen LogP contribution in [0, 0.1) is 0 Å². The fraction of sp³-hybridized carbons (Fsp3) is 0. The SMILES string of the molecule is c1ccc(-c2nc(-c3cccc4oc5ccccc5c34)nc(-c3cccc4sc5cc(-c6ccc7c(c6)oc6ccc(-c8ccc9c%10ccccc%10n(-c%10ccccc%10)c9c8)cc67)ccc5c34)n2)cc1. The Morgan fingerprint density at radius 2 is 0.900 bits per heavy atom. The van der Waals surface area contributed by atoms with Crippen molar-refractivity contribution in [3.05, 3.63) is 218 Å². The van der Waals surface area contributed by atoms with Crippen LogP contribution in [0.25, 0.3) is 148 Å². The number of para-hydroxylation sites is 3. The third-order valence-corrected chi connectivity index (χ3v) is 15.0. The predicted molar refractivity (Wildman–Crippen MR) is 289 cm³/mol. The highest BCUT2D eigenvalue weighted by Gasteiger charge is 2.21. The van der Waals surface area contributed by atoms with Gasteiger partial charge in [0, 0.05) is 74.9 Å². The first-order chi connectivity index (χ1) is 34.7. The van der Waals surface area contributed by atoms with Crippen LogP contribution < -0.4 is 0 Å². The molecule has 0 spiro atoms. The van der Waals surface area contributed by atoms with E-state index in [0.29, 0.717) is 17.5 Å². The summed E-state index contributed by atoms with van der Waals surface area (Å²) in [7, 11) is 0. The lowest BCUT2D eigenvalue weighted by atomic mass is 9.99. The van der Waals surface area contributed by atoms with Gasteiger partial charge in [0.15, 0.2) is 17.5 Å². The third kappa shape index (κ3) is 6.02. The summed E-state index contributed by atoms with van der Waals surface area (Å²) < 4.78 is 17.6. The van der Waals surface area contributed by atoms with Crippen LogP contribution in [-0.2, 0) is 0 Å². The molecule has 0 saturated carbocycles. The summed E-state index contributed by atoms with van der Waals surface area (Å²) in [6.07, 6.45) is 0. The Morgan fingerprint density at radius 3 is 1.74 bits per heavy atom. The average molecular weight is 913 g/mol. The van der Waals surface area contributed by atoms with Crippen LogP contribution in [0.3, 0.4) is 0 Å². The zero-order valence-electron chi connectivity index (χ0n) is 37.3. The van der Waals surface area contributed by atoms with E-state index in [1.807, 2.05) is 60.7 Å². The van der Waals surface area contributed by atoms with Crippen LogP contribution >= 0.6 is 11.3 Å². The Hall–Kier alpha value is -9.17. The highest BCUT2D eigenvalue weighted by atomic mass is 32.1. The monoisotopic (exact) mass is 912 g/mol. The van der Waals surface area contributed by atoms with Crippen LogP contribution in [0.5, 0.6) is 0 Å². The van der Waals surface area contributed by atoms with Crippen molar-refractivity contribution in [3.63, 3.8) is 0 Å². The van der Waals surface area contributed by atoms with Gasteiger partial charge >= 0.3 is 0 Å². The molecule has 10 aromatic carbocycles. The zero-order chi connectivity index (χ0) is 45.9. The molecule has 0 bridgehead atoms. The molecule has 0 aliphatic carbocycles. The van der Waals surface area contributed by atoms with E-state index in [2.05, 4.69) is 162 Å². The van der Waals surface area contributed by atoms with Gasteiger partial charge in [0.2, 0.25) is 0 Å². The van der Waals surface area contributed by atoms with Crippen molar-refractivity contribution < 1.29 is 8.83 Å². The fourth-order valence-corrected chi connectivity index (χ4v) is 11.8. The van der Waals surface area contributed by atoms with Crippen molar-refractivity contribution in [3.8, 4) is 62.1 Å². The molecule has 0 N–H and O–H groups in total. The molecule has 5 aromatic heterocycles. The normalized spacial score (nSPS) is 12.0. The molecule has 0 fully saturated rings. The second-order valence-corrected chi connectivity index (χ2v) is 19.0. The summed E-state index contributed by atoms with van der Waals surface area (Å²) in [4.78, 5) is 15.6. The fourth-order valence-electron chi connectivity index (χ4n) is 10.6. The van der Waals surface area contributed by atoms with Crippen LogP contribution in [0.2, 0.25) is 0 Å². The molecule has 0 unspecified atom stereocenters. The van der Waals surface area contributed by atoms with Gasteiger partial charge in [-0.1, -0.05) is 146 Å². The molecule has 7 heteroatoms. The highest BCUT2D eigenvalue weighted by Crippen LogP contribution is 2.44. The molecule has 6 nitrogen and oxygen atoms in total. The number of nitrogens with zero attached hydrogens (tertiary/aromatic N) is 4. The van der Waals surface area contributed by atoms with Gasteiger partial charge in [-0.25, -0.2) is 15.0 Å². The number of furan rings is 2. The second kappa shape index (κ2) is 15.2. The number of thiophene rings is 1. The molecule has 326 valence electrons. The van der Waals surface area contributed by atoms with Gasteiger partial charge in [0.1, 0.15) is 22.3 Å². The molecule has 0 saturated heterocycles. The van der Waals surface area contributed by atoms with Crippen LogP contribution in [0.15, 0.2) is 227 Å². The number of fused-ring (bicyclic) bond motifs is 12. The molecule has 0 aliphatic heterocycles. The smallest absolute Gasteiger partial charge is 0.164 e. The quantitative estimate of drug-likeness (QED) is 0.166. The van der Waals surface area contributed by atoms with Gasteiger partial charge in [0.25, 0.3) is 0 Å². The van der Waals surface area contributed by atoms with E-state index in [4.69, 9.17) is 23.8 Å². The number of benzene rings is 10. The van der Waals surface area contributed by atoms with Gasteiger partial charge in [-0.2, -0.15) is 0 Å².